The van der Waals surface area contributed by atoms with E-state index in [0.717, 1.165) is 34.9 Å². The van der Waals surface area contributed by atoms with Crippen LogP contribution in [0.3, 0.4) is 0 Å². The number of nitrogens with zero attached hydrogens (tertiary/aromatic N) is 3. The minimum atomic E-state index is 0.747. The fourth-order valence-electron chi connectivity index (χ4n) is 2.34. The van der Waals surface area contributed by atoms with Gasteiger partial charge in [0.25, 0.3) is 0 Å². The van der Waals surface area contributed by atoms with Crippen molar-refractivity contribution in [3.05, 3.63) is 46.8 Å². The molecule has 0 fully saturated rings. The Balaban J connectivity index is 1.82. The molecule has 0 saturated heterocycles. The van der Waals surface area contributed by atoms with Crippen LogP contribution in [0.5, 0.6) is 0 Å². The molecule has 0 bridgehead atoms. The second-order valence-corrected chi connectivity index (χ2v) is 6.74. The summed E-state index contributed by atoms with van der Waals surface area (Å²) in [7, 11) is 3.94. The van der Waals surface area contributed by atoms with Crippen LogP contribution in [0.2, 0.25) is 0 Å². The van der Waals surface area contributed by atoms with E-state index in [1.807, 2.05) is 25.1 Å². The van der Waals surface area contributed by atoms with E-state index < -0.39 is 0 Å². The highest BCUT2D eigenvalue weighted by molar-refractivity contribution is 7.18. The third-order valence-corrected chi connectivity index (χ3v) is 4.40. The first-order chi connectivity index (χ1) is 10.6. The second-order valence-electron chi connectivity index (χ2n) is 5.50. The average molecular weight is 312 g/mol. The van der Waals surface area contributed by atoms with Gasteiger partial charge in [-0.3, -0.25) is 0 Å². The Labute approximate surface area is 134 Å². The van der Waals surface area contributed by atoms with Crippen LogP contribution in [0.4, 0.5) is 11.8 Å². The topological polar surface area (TPSA) is 41.1 Å². The van der Waals surface area contributed by atoms with Gasteiger partial charge >= 0.3 is 0 Å². The Morgan fingerprint density at radius 3 is 2.64 bits per heavy atom. The van der Waals surface area contributed by atoms with Crippen molar-refractivity contribution in [1.29, 1.82) is 0 Å². The molecule has 2 aromatic heterocycles. The summed E-state index contributed by atoms with van der Waals surface area (Å²) in [6.07, 6.45) is 0.979. The predicted molar refractivity (Wildman–Crippen MR) is 95.1 cm³/mol. The van der Waals surface area contributed by atoms with Crippen molar-refractivity contribution in [2.24, 2.45) is 0 Å². The van der Waals surface area contributed by atoms with E-state index in [4.69, 9.17) is 0 Å². The molecule has 3 rings (SSSR count). The van der Waals surface area contributed by atoms with Gasteiger partial charge < -0.3 is 10.2 Å². The van der Waals surface area contributed by atoms with Crippen LogP contribution in [0, 0.1) is 6.92 Å². The number of aryl methyl sites for hydroxylation is 1. The normalized spacial score (nSPS) is 10.9. The van der Waals surface area contributed by atoms with Gasteiger partial charge in [-0.1, -0.05) is 30.3 Å². The molecular weight excluding hydrogens is 292 g/mol. The van der Waals surface area contributed by atoms with E-state index in [-0.39, 0.29) is 0 Å². The first kappa shape index (κ1) is 14.8. The van der Waals surface area contributed by atoms with Crippen molar-refractivity contribution in [2.45, 2.75) is 13.3 Å². The van der Waals surface area contributed by atoms with Gasteiger partial charge in [-0.2, -0.15) is 4.98 Å². The Hall–Kier alpha value is -2.14. The van der Waals surface area contributed by atoms with E-state index in [0.29, 0.717) is 0 Å². The average Bonchev–Trinajstić information content (AvgIpc) is 2.88. The van der Waals surface area contributed by atoms with Crippen LogP contribution in [0.15, 0.2) is 36.4 Å². The molecular formula is C17H20N4S. The lowest BCUT2D eigenvalue weighted by Gasteiger charge is -2.13. The lowest BCUT2D eigenvalue weighted by atomic mass is 10.1. The monoisotopic (exact) mass is 312 g/mol. The van der Waals surface area contributed by atoms with Crippen molar-refractivity contribution in [3.8, 4) is 0 Å². The van der Waals surface area contributed by atoms with E-state index in [2.05, 4.69) is 52.5 Å². The number of benzene rings is 1. The lowest BCUT2D eigenvalue weighted by Crippen LogP contribution is -2.14. The van der Waals surface area contributed by atoms with Gasteiger partial charge in [-0.15, -0.1) is 11.3 Å². The molecule has 1 N–H and O–H groups in total. The molecule has 0 aliphatic rings. The smallest absolute Gasteiger partial charge is 0.228 e. The summed E-state index contributed by atoms with van der Waals surface area (Å²) in [5.74, 6) is 1.67. The van der Waals surface area contributed by atoms with Gasteiger partial charge in [0, 0.05) is 25.5 Å². The van der Waals surface area contributed by atoms with E-state index in [1.54, 1.807) is 11.3 Å². The molecule has 0 spiro atoms. The van der Waals surface area contributed by atoms with Crippen molar-refractivity contribution >= 4 is 33.3 Å². The molecule has 0 amide bonds. The number of thiophene rings is 1. The SMILES string of the molecule is Cc1cc2c(NCCc3ccccc3)nc(N(C)C)nc2s1. The van der Waals surface area contributed by atoms with Gasteiger partial charge in [0.05, 0.1) is 5.39 Å². The molecule has 0 saturated carbocycles. The number of fused-ring (bicyclic) bond motifs is 1. The minimum Gasteiger partial charge on any atom is -0.369 e. The van der Waals surface area contributed by atoms with Gasteiger partial charge in [0.2, 0.25) is 5.95 Å². The van der Waals surface area contributed by atoms with Gasteiger partial charge in [0.15, 0.2) is 0 Å². The van der Waals surface area contributed by atoms with Crippen LogP contribution < -0.4 is 10.2 Å². The van der Waals surface area contributed by atoms with Crippen LogP contribution in [-0.4, -0.2) is 30.6 Å². The molecule has 22 heavy (non-hydrogen) atoms. The summed E-state index contributed by atoms with van der Waals surface area (Å²) in [5, 5.41) is 4.59. The molecule has 4 nitrogen and oxygen atoms in total. The standard InChI is InChI=1S/C17H20N4S/c1-12-11-14-15(18-10-9-13-7-5-4-6-8-13)19-17(21(2)3)20-16(14)22-12/h4-8,11H,9-10H2,1-3H3,(H,18,19,20). The number of hydrogen-bond donors (Lipinski definition) is 1. The Bertz CT molecular complexity index is 765. The Morgan fingerprint density at radius 2 is 1.91 bits per heavy atom. The zero-order valence-corrected chi connectivity index (χ0v) is 13.9. The van der Waals surface area contributed by atoms with Crippen LogP contribution in [-0.2, 0) is 6.42 Å². The molecule has 2 heterocycles. The van der Waals surface area contributed by atoms with E-state index >= 15 is 0 Å². The quantitative estimate of drug-likeness (QED) is 0.779. The highest BCUT2D eigenvalue weighted by atomic mass is 32.1. The van der Waals surface area contributed by atoms with E-state index in [9.17, 15) is 0 Å². The molecule has 5 heteroatoms. The summed E-state index contributed by atoms with van der Waals surface area (Å²) >= 11 is 1.71. The number of aromatic nitrogens is 2. The Kier molecular flexibility index (Phi) is 4.24. The predicted octanol–water partition coefficient (Wildman–Crippen LogP) is 3.72. The first-order valence-electron chi connectivity index (χ1n) is 7.37. The number of anilines is 2. The summed E-state index contributed by atoms with van der Waals surface area (Å²) in [5.41, 5.74) is 1.33. The molecule has 0 unspecified atom stereocenters. The highest BCUT2D eigenvalue weighted by Gasteiger charge is 2.11. The van der Waals surface area contributed by atoms with Crippen LogP contribution >= 0.6 is 11.3 Å². The Morgan fingerprint density at radius 1 is 1.14 bits per heavy atom. The summed E-state index contributed by atoms with van der Waals surface area (Å²) in [6.45, 7) is 2.97. The number of hydrogen-bond acceptors (Lipinski definition) is 5. The van der Waals surface area contributed by atoms with E-state index in [1.165, 1.54) is 10.4 Å². The maximum atomic E-state index is 4.66. The zero-order valence-electron chi connectivity index (χ0n) is 13.1. The summed E-state index contributed by atoms with van der Waals surface area (Å²) in [6, 6.07) is 12.6. The van der Waals surface area contributed by atoms with Crippen molar-refractivity contribution < 1.29 is 0 Å². The molecule has 0 aliphatic carbocycles. The summed E-state index contributed by atoms with van der Waals surface area (Å²) < 4.78 is 0. The third-order valence-electron chi connectivity index (χ3n) is 3.45. The van der Waals surface area contributed by atoms with Crippen LogP contribution in [0.1, 0.15) is 10.4 Å². The fraction of sp³-hybridized carbons (Fsp3) is 0.294. The molecule has 0 aliphatic heterocycles. The molecule has 3 aromatic rings. The van der Waals surface area contributed by atoms with Crippen molar-refractivity contribution in [3.63, 3.8) is 0 Å². The van der Waals surface area contributed by atoms with Gasteiger partial charge in [-0.05, 0) is 25.0 Å². The molecule has 0 atom stereocenters. The fourth-order valence-corrected chi connectivity index (χ4v) is 3.21. The molecule has 114 valence electrons. The number of nitrogens with one attached hydrogen (secondary N) is 1. The molecule has 1 aromatic carbocycles. The third kappa shape index (κ3) is 3.20. The molecule has 0 radical (unpaired) electrons. The maximum Gasteiger partial charge on any atom is 0.228 e. The van der Waals surface area contributed by atoms with Crippen molar-refractivity contribution in [1.82, 2.24) is 9.97 Å². The largest absolute Gasteiger partial charge is 0.369 e. The zero-order chi connectivity index (χ0) is 15.5. The summed E-state index contributed by atoms with van der Waals surface area (Å²) in [4.78, 5) is 13.5. The van der Waals surface area contributed by atoms with Crippen molar-refractivity contribution in [2.75, 3.05) is 30.9 Å². The number of rotatable bonds is 5. The first-order valence-corrected chi connectivity index (χ1v) is 8.18. The van der Waals surface area contributed by atoms with Gasteiger partial charge in [-0.25, -0.2) is 4.98 Å². The minimum absolute atomic E-state index is 0.747. The van der Waals surface area contributed by atoms with Crippen LogP contribution in [0.25, 0.3) is 10.2 Å². The van der Waals surface area contributed by atoms with Gasteiger partial charge in [0.1, 0.15) is 10.6 Å². The lowest BCUT2D eigenvalue weighted by molar-refractivity contribution is 0.984. The maximum absolute atomic E-state index is 4.66. The highest BCUT2D eigenvalue weighted by Crippen LogP contribution is 2.30. The second kappa shape index (κ2) is 6.32.